The van der Waals surface area contributed by atoms with E-state index in [4.69, 9.17) is 9.84 Å². The highest BCUT2D eigenvalue weighted by molar-refractivity contribution is 7.07. The van der Waals surface area contributed by atoms with Gasteiger partial charge in [-0.3, -0.25) is 4.79 Å². The van der Waals surface area contributed by atoms with Gasteiger partial charge in [0.25, 0.3) is 0 Å². The van der Waals surface area contributed by atoms with E-state index in [-0.39, 0.29) is 6.42 Å². The van der Waals surface area contributed by atoms with Gasteiger partial charge in [0.05, 0.1) is 13.0 Å². The number of carboxylic acids is 1. The van der Waals surface area contributed by atoms with Crippen LogP contribution in [0, 0.1) is 0 Å². The first kappa shape index (κ1) is 12.6. The quantitative estimate of drug-likeness (QED) is 0.870. The van der Waals surface area contributed by atoms with Gasteiger partial charge in [0, 0.05) is 12.0 Å². The average molecular weight is 262 g/mol. The molecule has 0 aliphatic carbocycles. The number of aliphatic carboxylic acids is 1. The summed E-state index contributed by atoms with van der Waals surface area (Å²) in [5, 5.41) is 12.9. The summed E-state index contributed by atoms with van der Waals surface area (Å²) in [4.78, 5) is 10.7. The normalized spacial score (nSPS) is 10.2. The number of thiophene rings is 1. The van der Waals surface area contributed by atoms with E-state index >= 15 is 0 Å². The summed E-state index contributed by atoms with van der Waals surface area (Å²) in [6, 6.07) is 9.34. The predicted octanol–water partition coefficient (Wildman–Crippen LogP) is 3.00. The van der Waals surface area contributed by atoms with Gasteiger partial charge in [0.15, 0.2) is 0 Å². The van der Waals surface area contributed by atoms with Crippen molar-refractivity contribution in [2.75, 3.05) is 6.61 Å². The molecule has 18 heavy (non-hydrogen) atoms. The molecule has 2 rings (SSSR count). The van der Waals surface area contributed by atoms with Crippen LogP contribution < -0.4 is 4.74 Å². The van der Waals surface area contributed by atoms with Gasteiger partial charge in [-0.25, -0.2) is 0 Å². The molecule has 1 aromatic carbocycles. The van der Waals surface area contributed by atoms with Crippen molar-refractivity contribution < 1.29 is 14.6 Å². The fraction of sp³-hybridized carbons (Fsp3) is 0.214. The lowest BCUT2D eigenvalue weighted by atomic mass is 10.1. The highest BCUT2D eigenvalue weighted by Gasteiger charge is 2.07. The molecule has 0 spiro atoms. The minimum absolute atomic E-state index is 0.00533. The molecule has 0 bridgehead atoms. The van der Waals surface area contributed by atoms with Crippen LogP contribution in [0.1, 0.15) is 11.1 Å². The smallest absolute Gasteiger partial charge is 0.307 e. The summed E-state index contributed by atoms with van der Waals surface area (Å²) in [6.07, 6.45) is 0.833. The lowest BCUT2D eigenvalue weighted by molar-refractivity contribution is -0.136. The van der Waals surface area contributed by atoms with Crippen LogP contribution in [-0.4, -0.2) is 17.7 Å². The summed E-state index contributed by atoms with van der Waals surface area (Å²) >= 11 is 1.66. The molecule has 4 heteroatoms. The zero-order valence-electron chi connectivity index (χ0n) is 9.83. The fourth-order valence-corrected chi connectivity index (χ4v) is 2.37. The molecule has 0 aliphatic heterocycles. The first-order valence-electron chi connectivity index (χ1n) is 5.69. The second kappa shape index (κ2) is 6.21. The molecule has 0 unspecified atom stereocenters. The minimum atomic E-state index is -0.844. The van der Waals surface area contributed by atoms with Crippen LogP contribution in [0.5, 0.6) is 5.75 Å². The number of hydrogen-bond donors (Lipinski definition) is 1. The van der Waals surface area contributed by atoms with Gasteiger partial charge in [-0.2, -0.15) is 11.3 Å². The largest absolute Gasteiger partial charge is 0.493 e. The molecule has 1 aromatic heterocycles. The Hall–Kier alpha value is -1.81. The Morgan fingerprint density at radius 2 is 2.11 bits per heavy atom. The third kappa shape index (κ3) is 3.60. The number of ether oxygens (including phenoxy) is 1. The highest BCUT2D eigenvalue weighted by atomic mass is 32.1. The molecule has 0 atom stereocenters. The topological polar surface area (TPSA) is 46.5 Å². The summed E-state index contributed by atoms with van der Waals surface area (Å²) in [5.74, 6) is -0.181. The van der Waals surface area contributed by atoms with Crippen molar-refractivity contribution in [1.82, 2.24) is 0 Å². The van der Waals surface area contributed by atoms with E-state index in [1.165, 1.54) is 5.56 Å². The SMILES string of the molecule is O=C(O)Cc1ccccc1OCCc1ccsc1. The maximum Gasteiger partial charge on any atom is 0.307 e. The van der Waals surface area contributed by atoms with E-state index < -0.39 is 5.97 Å². The van der Waals surface area contributed by atoms with E-state index in [9.17, 15) is 4.79 Å². The molecule has 0 aliphatic rings. The predicted molar refractivity (Wildman–Crippen MR) is 71.3 cm³/mol. The van der Waals surface area contributed by atoms with Gasteiger partial charge in [-0.1, -0.05) is 18.2 Å². The van der Waals surface area contributed by atoms with Crippen molar-refractivity contribution in [3.05, 3.63) is 52.2 Å². The third-order valence-corrected chi connectivity index (χ3v) is 3.27. The van der Waals surface area contributed by atoms with Crippen molar-refractivity contribution in [2.45, 2.75) is 12.8 Å². The van der Waals surface area contributed by atoms with Gasteiger partial charge < -0.3 is 9.84 Å². The minimum Gasteiger partial charge on any atom is -0.493 e. The zero-order valence-corrected chi connectivity index (χ0v) is 10.7. The van der Waals surface area contributed by atoms with E-state index in [1.807, 2.05) is 23.6 Å². The number of rotatable bonds is 6. The molecule has 2 aromatic rings. The summed E-state index contributed by atoms with van der Waals surface area (Å²) in [6.45, 7) is 0.563. The summed E-state index contributed by atoms with van der Waals surface area (Å²) in [5.41, 5.74) is 1.96. The number of carboxylic acid groups (broad SMARTS) is 1. The molecular weight excluding hydrogens is 248 g/mol. The monoisotopic (exact) mass is 262 g/mol. The van der Waals surface area contributed by atoms with Gasteiger partial charge in [0.1, 0.15) is 5.75 Å². The van der Waals surface area contributed by atoms with Crippen molar-refractivity contribution in [3.63, 3.8) is 0 Å². The van der Waals surface area contributed by atoms with Crippen LogP contribution in [0.4, 0.5) is 0 Å². The Bertz CT molecular complexity index is 506. The molecule has 94 valence electrons. The number of hydrogen-bond acceptors (Lipinski definition) is 3. The first-order valence-corrected chi connectivity index (χ1v) is 6.63. The maximum absolute atomic E-state index is 10.7. The van der Waals surface area contributed by atoms with E-state index in [0.717, 1.165) is 12.0 Å². The molecular formula is C14H14O3S. The second-order valence-corrected chi connectivity index (χ2v) is 4.69. The van der Waals surface area contributed by atoms with E-state index in [0.29, 0.717) is 12.4 Å². The number of para-hydroxylation sites is 1. The van der Waals surface area contributed by atoms with Crippen LogP contribution in [0.15, 0.2) is 41.1 Å². The summed E-state index contributed by atoms with van der Waals surface area (Å²) in [7, 11) is 0. The van der Waals surface area contributed by atoms with Gasteiger partial charge in [-0.15, -0.1) is 0 Å². The van der Waals surface area contributed by atoms with Gasteiger partial charge >= 0.3 is 5.97 Å². The van der Waals surface area contributed by atoms with Crippen LogP contribution in [-0.2, 0) is 17.6 Å². The van der Waals surface area contributed by atoms with Crippen molar-refractivity contribution in [3.8, 4) is 5.75 Å². The Balaban J connectivity index is 1.94. The Labute approximate surface area is 110 Å². The lowest BCUT2D eigenvalue weighted by Crippen LogP contribution is -2.06. The summed E-state index contributed by atoms with van der Waals surface area (Å²) < 4.78 is 5.65. The molecule has 0 amide bonds. The lowest BCUT2D eigenvalue weighted by Gasteiger charge is -2.09. The third-order valence-electron chi connectivity index (χ3n) is 2.54. The fourth-order valence-electron chi connectivity index (χ4n) is 1.67. The molecule has 1 heterocycles. The number of benzene rings is 1. The Morgan fingerprint density at radius 1 is 1.28 bits per heavy atom. The number of carbonyl (C=O) groups is 1. The zero-order chi connectivity index (χ0) is 12.8. The van der Waals surface area contributed by atoms with Crippen LogP contribution in [0.3, 0.4) is 0 Å². The Kier molecular flexibility index (Phi) is 4.36. The van der Waals surface area contributed by atoms with Gasteiger partial charge in [-0.05, 0) is 28.5 Å². The van der Waals surface area contributed by atoms with Crippen LogP contribution >= 0.6 is 11.3 Å². The van der Waals surface area contributed by atoms with Crippen LogP contribution in [0.2, 0.25) is 0 Å². The molecule has 0 saturated heterocycles. The molecule has 0 radical (unpaired) electrons. The van der Waals surface area contributed by atoms with E-state index in [2.05, 4.69) is 11.4 Å². The Morgan fingerprint density at radius 3 is 2.83 bits per heavy atom. The average Bonchev–Trinajstić information content (AvgIpc) is 2.84. The van der Waals surface area contributed by atoms with Crippen molar-refractivity contribution >= 4 is 17.3 Å². The molecule has 1 N–H and O–H groups in total. The van der Waals surface area contributed by atoms with Crippen LogP contribution in [0.25, 0.3) is 0 Å². The van der Waals surface area contributed by atoms with E-state index in [1.54, 1.807) is 17.4 Å². The molecule has 0 saturated carbocycles. The molecule has 3 nitrogen and oxygen atoms in total. The van der Waals surface area contributed by atoms with Crippen molar-refractivity contribution in [1.29, 1.82) is 0 Å². The maximum atomic E-state index is 10.7. The molecule has 0 fully saturated rings. The first-order chi connectivity index (χ1) is 8.75. The standard InChI is InChI=1S/C14H14O3S/c15-14(16)9-12-3-1-2-4-13(12)17-7-5-11-6-8-18-10-11/h1-4,6,8,10H,5,7,9H2,(H,15,16). The second-order valence-electron chi connectivity index (χ2n) is 3.91. The van der Waals surface area contributed by atoms with Gasteiger partial charge in [0.2, 0.25) is 0 Å². The highest BCUT2D eigenvalue weighted by Crippen LogP contribution is 2.19. The van der Waals surface area contributed by atoms with Crippen molar-refractivity contribution in [2.24, 2.45) is 0 Å².